The van der Waals surface area contributed by atoms with Gasteiger partial charge in [-0.15, -0.1) is 0 Å². The normalized spacial score (nSPS) is 21.0. The Hall–Kier alpha value is -2.15. The second kappa shape index (κ2) is 6.09. The van der Waals surface area contributed by atoms with Crippen LogP contribution in [0.4, 0.5) is 5.69 Å². The van der Waals surface area contributed by atoms with Gasteiger partial charge in [-0.2, -0.15) is 0 Å². The summed E-state index contributed by atoms with van der Waals surface area (Å²) in [5.74, 6) is -1.87. The number of carbonyl (C=O) groups is 2. The number of aliphatic carboxylic acids is 1. The third-order valence-electron chi connectivity index (χ3n) is 3.54. The number of rotatable bonds is 4. The van der Waals surface area contributed by atoms with Crippen molar-refractivity contribution in [1.82, 2.24) is 5.32 Å². The van der Waals surface area contributed by atoms with Crippen molar-refractivity contribution in [2.75, 3.05) is 0 Å². The summed E-state index contributed by atoms with van der Waals surface area (Å²) >= 11 is 5.87. The van der Waals surface area contributed by atoms with Crippen LogP contribution >= 0.6 is 11.6 Å². The summed E-state index contributed by atoms with van der Waals surface area (Å²) in [4.78, 5) is 33.1. The van der Waals surface area contributed by atoms with Gasteiger partial charge in [0.15, 0.2) is 0 Å². The molecule has 1 aromatic rings. The van der Waals surface area contributed by atoms with E-state index >= 15 is 0 Å². The number of nitrogens with one attached hydrogen (secondary N) is 1. The number of carboxylic acids is 1. The van der Waals surface area contributed by atoms with E-state index in [9.17, 15) is 19.7 Å². The Morgan fingerprint density at radius 2 is 2.10 bits per heavy atom. The van der Waals surface area contributed by atoms with Gasteiger partial charge in [0.1, 0.15) is 5.02 Å². The van der Waals surface area contributed by atoms with E-state index in [4.69, 9.17) is 16.7 Å². The molecular weight excluding hydrogens is 300 g/mol. The van der Waals surface area contributed by atoms with Gasteiger partial charge < -0.3 is 10.4 Å². The van der Waals surface area contributed by atoms with Gasteiger partial charge in [0.05, 0.1) is 16.4 Å². The number of nitro groups is 1. The van der Waals surface area contributed by atoms with Crippen molar-refractivity contribution in [3.63, 3.8) is 0 Å². The number of hydrogen-bond donors (Lipinski definition) is 2. The minimum atomic E-state index is -0.875. The predicted octanol–water partition coefficient (Wildman–Crippen LogP) is 2.23. The molecule has 2 rings (SSSR count). The van der Waals surface area contributed by atoms with Crippen LogP contribution in [-0.2, 0) is 4.79 Å². The molecule has 0 radical (unpaired) electrons. The molecule has 21 heavy (non-hydrogen) atoms. The van der Waals surface area contributed by atoms with Crippen LogP contribution in [0.3, 0.4) is 0 Å². The molecule has 0 aromatic heterocycles. The highest BCUT2D eigenvalue weighted by atomic mass is 35.5. The monoisotopic (exact) mass is 312 g/mol. The lowest BCUT2D eigenvalue weighted by Crippen LogP contribution is -2.33. The maximum atomic E-state index is 12.1. The standard InChI is InChI=1S/C13H13ClN2O5/c14-11-9(2-1-3-10(11)16(20)21)12(17)15-8-5-4-7(6-8)13(18)19/h1-3,7-8H,4-6H2,(H,15,17)(H,18,19). The number of hydrogen-bond acceptors (Lipinski definition) is 4. The summed E-state index contributed by atoms with van der Waals surface area (Å²) in [6, 6.07) is 3.74. The smallest absolute Gasteiger partial charge is 0.306 e. The van der Waals surface area contributed by atoms with Crippen molar-refractivity contribution < 1.29 is 19.6 Å². The molecule has 0 spiro atoms. The topological polar surface area (TPSA) is 110 Å². The van der Waals surface area contributed by atoms with E-state index in [1.165, 1.54) is 18.2 Å². The van der Waals surface area contributed by atoms with E-state index in [1.54, 1.807) is 0 Å². The highest BCUT2D eigenvalue weighted by Crippen LogP contribution is 2.29. The summed E-state index contributed by atoms with van der Waals surface area (Å²) < 4.78 is 0. The van der Waals surface area contributed by atoms with Crippen molar-refractivity contribution in [2.45, 2.75) is 25.3 Å². The zero-order valence-corrected chi connectivity index (χ0v) is 11.7. The third-order valence-corrected chi connectivity index (χ3v) is 3.93. The molecule has 1 fully saturated rings. The Morgan fingerprint density at radius 1 is 1.38 bits per heavy atom. The van der Waals surface area contributed by atoms with Crippen LogP contribution in [0.15, 0.2) is 18.2 Å². The van der Waals surface area contributed by atoms with Crippen LogP contribution in [0.2, 0.25) is 5.02 Å². The SMILES string of the molecule is O=C(NC1CCC(C(=O)O)C1)c1cccc([N+](=O)[O-])c1Cl. The second-order valence-electron chi connectivity index (χ2n) is 4.91. The van der Waals surface area contributed by atoms with E-state index in [0.29, 0.717) is 19.3 Å². The molecule has 1 saturated carbocycles. The van der Waals surface area contributed by atoms with Crippen LogP contribution in [0.25, 0.3) is 0 Å². The van der Waals surface area contributed by atoms with Crippen molar-refractivity contribution in [2.24, 2.45) is 5.92 Å². The Balaban J connectivity index is 2.10. The predicted molar refractivity (Wildman–Crippen MR) is 74.3 cm³/mol. The van der Waals surface area contributed by atoms with E-state index in [-0.39, 0.29) is 22.3 Å². The zero-order chi connectivity index (χ0) is 15.6. The summed E-state index contributed by atoms with van der Waals surface area (Å²) in [6.45, 7) is 0. The average molecular weight is 313 g/mol. The molecular formula is C13H13ClN2O5. The molecule has 8 heteroatoms. The molecule has 1 aliphatic rings. The van der Waals surface area contributed by atoms with Crippen LogP contribution in [-0.4, -0.2) is 27.9 Å². The van der Waals surface area contributed by atoms with Gasteiger partial charge in [-0.3, -0.25) is 19.7 Å². The van der Waals surface area contributed by atoms with Gasteiger partial charge in [0, 0.05) is 12.1 Å². The number of halogens is 1. The molecule has 2 atom stereocenters. The minimum Gasteiger partial charge on any atom is -0.481 e. The molecule has 2 N–H and O–H groups in total. The van der Waals surface area contributed by atoms with Gasteiger partial charge in [0.2, 0.25) is 0 Å². The van der Waals surface area contributed by atoms with Crippen LogP contribution in [0.1, 0.15) is 29.6 Å². The summed E-state index contributed by atoms with van der Waals surface area (Å²) in [5.41, 5.74) is -0.316. The molecule has 1 aromatic carbocycles. The highest BCUT2D eigenvalue weighted by molar-refractivity contribution is 6.35. The van der Waals surface area contributed by atoms with Crippen LogP contribution in [0.5, 0.6) is 0 Å². The Bertz CT molecular complexity index is 604. The van der Waals surface area contributed by atoms with Gasteiger partial charge in [-0.1, -0.05) is 17.7 Å². The zero-order valence-electron chi connectivity index (χ0n) is 10.9. The summed E-state index contributed by atoms with van der Waals surface area (Å²) in [5, 5.41) is 22.2. The van der Waals surface area contributed by atoms with E-state index < -0.39 is 22.7 Å². The molecule has 0 bridgehead atoms. The molecule has 1 aliphatic carbocycles. The summed E-state index contributed by atoms with van der Waals surface area (Å²) in [6.07, 6.45) is 1.42. The lowest BCUT2D eigenvalue weighted by molar-refractivity contribution is -0.384. The van der Waals surface area contributed by atoms with Crippen molar-refractivity contribution in [3.05, 3.63) is 38.9 Å². The first-order valence-electron chi connectivity index (χ1n) is 6.36. The fraction of sp³-hybridized carbons (Fsp3) is 0.385. The Kier molecular flexibility index (Phi) is 4.42. The average Bonchev–Trinajstić information content (AvgIpc) is 2.87. The lowest BCUT2D eigenvalue weighted by Gasteiger charge is -2.13. The maximum absolute atomic E-state index is 12.1. The fourth-order valence-corrected chi connectivity index (χ4v) is 2.72. The van der Waals surface area contributed by atoms with Crippen molar-refractivity contribution in [3.8, 4) is 0 Å². The van der Waals surface area contributed by atoms with Crippen molar-refractivity contribution in [1.29, 1.82) is 0 Å². The summed E-state index contributed by atoms with van der Waals surface area (Å²) in [7, 11) is 0. The first-order valence-corrected chi connectivity index (χ1v) is 6.74. The van der Waals surface area contributed by atoms with Gasteiger partial charge in [0.25, 0.3) is 11.6 Å². The largest absolute Gasteiger partial charge is 0.481 e. The van der Waals surface area contributed by atoms with E-state index in [2.05, 4.69) is 5.32 Å². The molecule has 112 valence electrons. The van der Waals surface area contributed by atoms with Gasteiger partial charge in [-0.25, -0.2) is 0 Å². The van der Waals surface area contributed by atoms with Crippen LogP contribution < -0.4 is 5.32 Å². The first kappa shape index (κ1) is 15.2. The number of carboxylic acid groups (broad SMARTS) is 1. The number of nitrogens with zero attached hydrogens (tertiary/aromatic N) is 1. The first-order chi connectivity index (χ1) is 9.90. The van der Waals surface area contributed by atoms with Crippen LogP contribution in [0, 0.1) is 16.0 Å². The number of benzene rings is 1. The minimum absolute atomic E-state index is 0.0182. The molecule has 7 nitrogen and oxygen atoms in total. The van der Waals surface area contributed by atoms with E-state index in [0.717, 1.165) is 0 Å². The number of amides is 1. The van der Waals surface area contributed by atoms with Gasteiger partial charge >= 0.3 is 5.97 Å². The third kappa shape index (κ3) is 3.30. The molecule has 1 amide bonds. The fourth-order valence-electron chi connectivity index (χ4n) is 2.44. The van der Waals surface area contributed by atoms with Gasteiger partial charge in [-0.05, 0) is 25.3 Å². The molecule has 0 saturated heterocycles. The quantitative estimate of drug-likeness (QED) is 0.654. The lowest BCUT2D eigenvalue weighted by atomic mass is 10.1. The Morgan fingerprint density at radius 3 is 2.67 bits per heavy atom. The number of carbonyl (C=O) groups excluding carboxylic acids is 1. The second-order valence-corrected chi connectivity index (χ2v) is 5.29. The molecule has 0 aliphatic heterocycles. The Labute approximate surface area is 125 Å². The van der Waals surface area contributed by atoms with Crippen molar-refractivity contribution >= 4 is 29.2 Å². The molecule has 2 unspecified atom stereocenters. The highest BCUT2D eigenvalue weighted by Gasteiger charge is 2.31. The maximum Gasteiger partial charge on any atom is 0.306 e. The van der Waals surface area contributed by atoms with E-state index in [1.807, 2.05) is 0 Å². The number of nitro benzene ring substituents is 1. The molecule has 0 heterocycles.